The molecule has 36 heavy (non-hydrogen) atoms. The van der Waals surface area contributed by atoms with E-state index in [0.717, 1.165) is 34.2 Å². The van der Waals surface area contributed by atoms with Crippen molar-refractivity contribution in [3.8, 4) is 0 Å². The summed E-state index contributed by atoms with van der Waals surface area (Å²) in [5.41, 5.74) is 3.33. The van der Waals surface area contributed by atoms with Crippen LogP contribution in [0, 0.1) is 0 Å². The Hall–Kier alpha value is -3.14. The summed E-state index contributed by atoms with van der Waals surface area (Å²) in [4.78, 5) is 24.7. The van der Waals surface area contributed by atoms with Gasteiger partial charge in [0.2, 0.25) is 10.0 Å². The van der Waals surface area contributed by atoms with E-state index in [1.54, 1.807) is 29.4 Å². The molecule has 0 aliphatic carbocycles. The highest BCUT2D eigenvalue weighted by Crippen LogP contribution is 2.35. The summed E-state index contributed by atoms with van der Waals surface area (Å²) >= 11 is 1.47. The maximum atomic E-state index is 13.8. The number of rotatable bonds is 7. The summed E-state index contributed by atoms with van der Waals surface area (Å²) in [6.45, 7) is 5.64. The zero-order valence-electron chi connectivity index (χ0n) is 20.3. The van der Waals surface area contributed by atoms with Gasteiger partial charge >= 0.3 is 0 Å². The van der Waals surface area contributed by atoms with E-state index in [2.05, 4.69) is 24.9 Å². The van der Waals surface area contributed by atoms with Crippen molar-refractivity contribution in [1.82, 2.24) is 14.3 Å². The molecule has 0 radical (unpaired) electrons. The van der Waals surface area contributed by atoms with Gasteiger partial charge in [-0.2, -0.15) is 4.31 Å². The van der Waals surface area contributed by atoms with E-state index in [1.807, 2.05) is 24.3 Å². The van der Waals surface area contributed by atoms with E-state index >= 15 is 0 Å². The Kier molecular flexibility index (Phi) is 6.87. The van der Waals surface area contributed by atoms with Gasteiger partial charge in [0.05, 0.1) is 21.7 Å². The van der Waals surface area contributed by atoms with Crippen LogP contribution in [-0.4, -0.2) is 41.7 Å². The Morgan fingerprint density at radius 1 is 1.06 bits per heavy atom. The topological polar surface area (TPSA) is 83.5 Å². The zero-order valence-corrected chi connectivity index (χ0v) is 21.9. The van der Waals surface area contributed by atoms with Crippen LogP contribution in [0.3, 0.4) is 0 Å². The Morgan fingerprint density at radius 2 is 1.81 bits per heavy atom. The molecule has 7 nitrogen and oxygen atoms in total. The van der Waals surface area contributed by atoms with Gasteiger partial charge in [-0.3, -0.25) is 14.7 Å². The molecule has 9 heteroatoms. The van der Waals surface area contributed by atoms with Crippen LogP contribution in [0.15, 0.2) is 71.9 Å². The van der Waals surface area contributed by atoms with Crippen molar-refractivity contribution >= 4 is 42.6 Å². The smallest absolute Gasteiger partial charge is 0.260 e. The quantitative estimate of drug-likeness (QED) is 0.324. The molecule has 5 rings (SSSR count). The van der Waals surface area contributed by atoms with Crippen LogP contribution in [0.1, 0.15) is 54.1 Å². The second-order valence-electron chi connectivity index (χ2n) is 9.23. The normalized spacial score (nSPS) is 14.5. The summed E-state index contributed by atoms with van der Waals surface area (Å²) in [7, 11) is -3.54. The highest BCUT2D eigenvalue weighted by atomic mass is 32.2. The number of anilines is 1. The number of hydrogen-bond acceptors (Lipinski definition) is 6. The Labute approximate surface area is 215 Å². The van der Waals surface area contributed by atoms with Gasteiger partial charge in [-0.25, -0.2) is 13.4 Å². The number of amides is 1. The summed E-state index contributed by atoms with van der Waals surface area (Å²) in [5, 5.41) is 0.598. The van der Waals surface area contributed by atoms with Crippen molar-refractivity contribution in [2.45, 2.75) is 44.0 Å². The first-order valence-electron chi connectivity index (χ1n) is 12.0. The number of para-hydroxylation sites is 1. The van der Waals surface area contributed by atoms with Crippen LogP contribution in [0.25, 0.3) is 10.2 Å². The minimum atomic E-state index is -3.54. The summed E-state index contributed by atoms with van der Waals surface area (Å²) < 4.78 is 28.4. The molecule has 0 bridgehead atoms. The molecule has 0 spiro atoms. The van der Waals surface area contributed by atoms with Crippen molar-refractivity contribution in [2.24, 2.45) is 0 Å². The zero-order chi connectivity index (χ0) is 25.3. The van der Waals surface area contributed by atoms with Crippen LogP contribution in [0.5, 0.6) is 0 Å². The monoisotopic (exact) mass is 520 g/mol. The van der Waals surface area contributed by atoms with Gasteiger partial charge in [0.25, 0.3) is 5.91 Å². The lowest BCUT2D eigenvalue weighted by atomic mass is 10.0. The number of fused-ring (bicyclic) bond motifs is 1. The molecule has 1 aliphatic rings. The number of thiazole rings is 1. The van der Waals surface area contributed by atoms with Crippen molar-refractivity contribution in [3.05, 3.63) is 83.7 Å². The average Bonchev–Trinajstić information content (AvgIpc) is 3.58. The SMILES string of the molecule is CC(C)c1cccc2sc(N(Cc3cccnc3)C(=O)c3ccc(S(=O)(=O)N4CCCC4)cc3)nc12. The molecule has 0 N–H and O–H groups in total. The van der Waals surface area contributed by atoms with E-state index in [-0.39, 0.29) is 10.8 Å². The van der Waals surface area contributed by atoms with E-state index in [1.165, 1.54) is 27.8 Å². The summed E-state index contributed by atoms with van der Waals surface area (Å²) in [6, 6.07) is 16.1. The minimum Gasteiger partial charge on any atom is -0.279 e. The van der Waals surface area contributed by atoms with Crippen molar-refractivity contribution < 1.29 is 13.2 Å². The van der Waals surface area contributed by atoms with Gasteiger partial charge in [0, 0.05) is 31.0 Å². The lowest BCUT2D eigenvalue weighted by Gasteiger charge is -2.20. The van der Waals surface area contributed by atoms with Crippen LogP contribution < -0.4 is 4.90 Å². The first kappa shape index (κ1) is 24.5. The number of aromatic nitrogens is 2. The maximum absolute atomic E-state index is 13.8. The average molecular weight is 521 g/mol. The fourth-order valence-corrected chi connectivity index (χ4v) is 6.96. The Morgan fingerprint density at radius 3 is 2.47 bits per heavy atom. The molecular formula is C27H28N4O3S2. The number of pyridine rings is 1. The largest absolute Gasteiger partial charge is 0.279 e. The maximum Gasteiger partial charge on any atom is 0.260 e. The van der Waals surface area contributed by atoms with Crippen LogP contribution in [0.2, 0.25) is 0 Å². The molecule has 0 unspecified atom stereocenters. The molecule has 2 aromatic heterocycles. The van der Waals surface area contributed by atoms with Gasteiger partial charge in [0.15, 0.2) is 5.13 Å². The molecule has 1 aliphatic heterocycles. The minimum absolute atomic E-state index is 0.210. The Balaban J connectivity index is 1.51. The van der Waals surface area contributed by atoms with Crippen LogP contribution in [0.4, 0.5) is 5.13 Å². The number of hydrogen-bond donors (Lipinski definition) is 0. The fraction of sp³-hybridized carbons (Fsp3) is 0.296. The number of benzene rings is 2. The van der Waals surface area contributed by atoms with Gasteiger partial charge in [-0.1, -0.05) is 43.4 Å². The molecule has 3 heterocycles. The molecular weight excluding hydrogens is 492 g/mol. The standard InChI is InChI=1S/C27H28N4O3S2/c1-19(2)23-8-5-9-24-25(23)29-27(35-24)31(18-20-7-6-14-28-17-20)26(32)21-10-12-22(13-11-21)36(33,34)30-15-3-4-16-30/h5-14,17,19H,3-4,15-16,18H2,1-2H3. The van der Waals surface area contributed by atoms with Gasteiger partial charge < -0.3 is 0 Å². The van der Waals surface area contributed by atoms with Crippen LogP contribution in [-0.2, 0) is 16.6 Å². The molecule has 0 atom stereocenters. The molecule has 2 aromatic carbocycles. The molecule has 0 saturated carbocycles. The number of nitrogens with zero attached hydrogens (tertiary/aromatic N) is 4. The fourth-order valence-electron chi connectivity index (χ4n) is 4.44. The third kappa shape index (κ3) is 4.78. The third-order valence-corrected chi connectivity index (χ3v) is 9.36. The van der Waals surface area contributed by atoms with Gasteiger partial charge in [-0.15, -0.1) is 0 Å². The van der Waals surface area contributed by atoms with Gasteiger partial charge in [0.1, 0.15) is 0 Å². The summed E-state index contributed by atoms with van der Waals surface area (Å²) in [5.74, 6) is 0.0605. The highest BCUT2D eigenvalue weighted by Gasteiger charge is 2.28. The van der Waals surface area contributed by atoms with Crippen molar-refractivity contribution in [3.63, 3.8) is 0 Å². The van der Waals surface area contributed by atoms with Gasteiger partial charge in [-0.05, 0) is 66.3 Å². The first-order chi connectivity index (χ1) is 17.3. The highest BCUT2D eigenvalue weighted by molar-refractivity contribution is 7.89. The predicted molar refractivity (Wildman–Crippen MR) is 143 cm³/mol. The van der Waals surface area contributed by atoms with Crippen molar-refractivity contribution in [1.29, 1.82) is 0 Å². The lowest BCUT2D eigenvalue weighted by molar-refractivity contribution is 0.0985. The Bertz CT molecular complexity index is 1480. The van der Waals surface area contributed by atoms with E-state index < -0.39 is 10.0 Å². The van der Waals surface area contributed by atoms with Crippen LogP contribution >= 0.6 is 11.3 Å². The summed E-state index contributed by atoms with van der Waals surface area (Å²) in [6.07, 6.45) is 5.18. The van der Waals surface area contributed by atoms with E-state index in [0.29, 0.717) is 36.2 Å². The predicted octanol–water partition coefficient (Wildman–Crippen LogP) is 5.45. The third-order valence-electron chi connectivity index (χ3n) is 6.40. The van der Waals surface area contributed by atoms with Crippen molar-refractivity contribution in [2.75, 3.05) is 18.0 Å². The molecule has 1 saturated heterocycles. The van der Waals surface area contributed by atoms with E-state index in [9.17, 15) is 13.2 Å². The second kappa shape index (κ2) is 10.1. The first-order valence-corrected chi connectivity index (χ1v) is 14.3. The molecule has 4 aromatic rings. The lowest BCUT2D eigenvalue weighted by Crippen LogP contribution is -2.31. The number of carbonyl (C=O) groups is 1. The van der Waals surface area contributed by atoms with E-state index in [4.69, 9.17) is 4.98 Å². The number of sulfonamides is 1. The molecule has 186 valence electrons. The molecule has 1 fully saturated rings. The second-order valence-corrected chi connectivity index (χ2v) is 12.2. The number of carbonyl (C=O) groups excluding carboxylic acids is 1. The molecule has 1 amide bonds.